The topological polar surface area (TPSA) is 48.1 Å². The number of hydrogen-bond acceptors (Lipinski definition) is 3. The highest BCUT2D eigenvalue weighted by Gasteiger charge is 2.02. The van der Waals surface area contributed by atoms with Gasteiger partial charge in [0.1, 0.15) is 5.82 Å². The number of pyridine rings is 1. The fourth-order valence-electron chi connectivity index (χ4n) is 0.864. The first-order chi connectivity index (χ1) is 6.09. The second kappa shape index (κ2) is 4.44. The summed E-state index contributed by atoms with van der Waals surface area (Å²) in [5.74, 6) is 0.477. The molecule has 1 heterocycles. The molecule has 0 unspecified atom stereocenters. The number of hydrogen-bond donors (Lipinski definition) is 1. The van der Waals surface area contributed by atoms with Crippen LogP contribution in [0.2, 0.25) is 5.02 Å². The minimum Gasteiger partial charge on any atom is -0.383 e. The van der Waals surface area contributed by atoms with Crippen LogP contribution in [0.4, 0.5) is 5.82 Å². The summed E-state index contributed by atoms with van der Waals surface area (Å²) in [6.45, 7) is 4.39. The summed E-state index contributed by atoms with van der Waals surface area (Å²) in [7, 11) is 0. The predicted octanol–water partition coefficient (Wildman–Crippen LogP) is 2.24. The summed E-state index contributed by atoms with van der Waals surface area (Å²) in [6.07, 6.45) is 1.70. The standard InChI is InChI=1S/C9H13ClN2O/c1-6(2)13-5-7-3-8(10)4-12-9(7)11/h3-4,6H,5H2,1-2H3,(H2,11,12). The molecule has 1 rings (SSSR count). The molecule has 13 heavy (non-hydrogen) atoms. The van der Waals surface area contributed by atoms with E-state index in [9.17, 15) is 0 Å². The second-order valence-electron chi connectivity index (χ2n) is 3.06. The van der Waals surface area contributed by atoms with Crippen molar-refractivity contribution in [2.24, 2.45) is 0 Å². The van der Waals surface area contributed by atoms with Crippen LogP contribution in [0.5, 0.6) is 0 Å². The molecule has 0 aromatic carbocycles. The summed E-state index contributed by atoms with van der Waals surface area (Å²) >= 11 is 5.76. The number of aromatic nitrogens is 1. The lowest BCUT2D eigenvalue weighted by atomic mass is 10.3. The van der Waals surface area contributed by atoms with Gasteiger partial charge in [0.05, 0.1) is 17.7 Å². The van der Waals surface area contributed by atoms with E-state index in [1.165, 1.54) is 6.20 Å². The van der Waals surface area contributed by atoms with Crippen LogP contribution in [0.15, 0.2) is 12.3 Å². The van der Waals surface area contributed by atoms with Gasteiger partial charge >= 0.3 is 0 Å². The highest BCUT2D eigenvalue weighted by Crippen LogP contribution is 2.16. The van der Waals surface area contributed by atoms with Gasteiger partial charge in [0.2, 0.25) is 0 Å². The number of nitrogens with zero attached hydrogens (tertiary/aromatic N) is 1. The van der Waals surface area contributed by atoms with Crippen LogP contribution in [0.3, 0.4) is 0 Å². The molecular weight excluding hydrogens is 188 g/mol. The molecule has 1 aromatic rings. The van der Waals surface area contributed by atoms with E-state index in [1.54, 1.807) is 6.07 Å². The van der Waals surface area contributed by atoms with Crippen LogP contribution >= 0.6 is 11.6 Å². The normalized spacial score (nSPS) is 10.8. The predicted molar refractivity (Wildman–Crippen MR) is 53.6 cm³/mol. The van der Waals surface area contributed by atoms with E-state index in [1.807, 2.05) is 13.8 Å². The molecule has 2 N–H and O–H groups in total. The third-order valence-corrected chi connectivity index (χ3v) is 1.75. The van der Waals surface area contributed by atoms with Crippen molar-refractivity contribution in [1.29, 1.82) is 0 Å². The molecule has 0 aliphatic carbocycles. The maximum absolute atomic E-state index is 5.76. The van der Waals surface area contributed by atoms with Gasteiger partial charge in [-0.05, 0) is 19.9 Å². The van der Waals surface area contributed by atoms with Crippen molar-refractivity contribution < 1.29 is 4.74 Å². The van der Waals surface area contributed by atoms with Gasteiger partial charge in [-0.15, -0.1) is 0 Å². The van der Waals surface area contributed by atoms with E-state index in [4.69, 9.17) is 22.1 Å². The Bertz CT molecular complexity index is 289. The van der Waals surface area contributed by atoms with Crippen LogP contribution in [-0.2, 0) is 11.3 Å². The van der Waals surface area contributed by atoms with Gasteiger partial charge in [0.15, 0.2) is 0 Å². The average Bonchev–Trinajstić information content (AvgIpc) is 2.06. The molecule has 72 valence electrons. The molecule has 3 nitrogen and oxygen atoms in total. The number of nitrogen functional groups attached to an aromatic ring is 1. The largest absolute Gasteiger partial charge is 0.383 e. The number of halogens is 1. The van der Waals surface area contributed by atoms with Crippen molar-refractivity contribution >= 4 is 17.4 Å². The van der Waals surface area contributed by atoms with E-state index in [0.717, 1.165) is 5.56 Å². The lowest BCUT2D eigenvalue weighted by Gasteiger charge is -2.08. The van der Waals surface area contributed by atoms with Crippen molar-refractivity contribution in [3.05, 3.63) is 22.8 Å². The Morgan fingerprint density at radius 3 is 2.92 bits per heavy atom. The number of ether oxygens (including phenoxy) is 1. The molecule has 0 aliphatic heterocycles. The Morgan fingerprint density at radius 2 is 2.31 bits per heavy atom. The molecule has 0 aliphatic rings. The lowest BCUT2D eigenvalue weighted by molar-refractivity contribution is 0.0659. The molecule has 0 fully saturated rings. The van der Waals surface area contributed by atoms with Crippen molar-refractivity contribution in [1.82, 2.24) is 4.98 Å². The molecule has 0 radical (unpaired) electrons. The molecule has 0 spiro atoms. The van der Waals surface area contributed by atoms with E-state index in [-0.39, 0.29) is 6.10 Å². The van der Waals surface area contributed by atoms with Crippen molar-refractivity contribution in [3.63, 3.8) is 0 Å². The van der Waals surface area contributed by atoms with Gasteiger partial charge in [-0.1, -0.05) is 11.6 Å². The molecule has 0 saturated carbocycles. The van der Waals surface area contributed by atoms with E-state index < -0.39 is 0 Å². The van der Waals surface area contributed by atoms with Gasteiger partial charge in [-0.2, -0.15) is 0 Å². The van der Waals surface area contributed by atoms with Crippen LogP contribution in [0.25, 0.3) is 0 Å². The van der Waals surface area contributed by atoms with Crippen LogP contribution < -0.4 is 5.73 Å². The van der Waals surface area contributed by atoms with Crippen molar-refractivity contribution in [2.45, 2.75) is 26.6 Å². The molecule has 4 heteroatoms. The Balaban J connectivity index is 2.70. The Morgan fingerprint density at radius 1 is 1.62 bits per heavy atom. The maximum atomic E-state index is 5.76. The van der Waals surface area contributed by atoms with Crippen LogP contribution in [0, 0.1) is 0 Å². The van der Waals surface area contributed by atoms with E-state index in [0.29, 0.717) is 17.4 Å². The average molecular weight is 201 g/mol. The molecular formula is C9H13ClN2O. The summed E-state index contributed by atoms with van der Waals surface area (Å²) in [6, 6.07) is 1.77. The zero-order valence-corrected chi connectivity index (χ0v) is 8.51. The first-order valence-corrected chi connectivity index (χ1v) is 4.49. The summed E-state index contributed by atoms with van der Waals surface area (Å²) in [4.78, 5) is 3.92. The quantitative estimate of drug-likeness (QED) is 0.814. The highest BCUT2D eigenvalue weighted by molar-refractivity contribution is 6.30. The molecule has 0 atom stereocenters. The zero-order chi connectivity index (χ0) is 9.84. The zero-order valence-electron chi connectivity index (χ0n) is 7.75. The minimum absolute atomic E-state index is 0.179. The number of rotatable bonds is 3. The van der Waals surface area contributed by atoms with Gasteiger partial charge in [0.25, 0.3) is 0 Å². The number of anilines is 1. The second-order valence-corrected chi connectivity index (χ2v) is 3.49. The number of nitrogens with two attached hydrogens (primary N) is 1. The minimum atomic E-state index is 0.179. The Kier molecular flexibility index (Phi) is 3.51. The van der Waals surface area contributed by atoms with Gasteiger partial charge in [-0.3, -0.25) is 0 Å². The third-order valence-electron chi connectivity index (χ3n) is 1.54. The Hall–Kier alpha value is -0.800. The fourth-order valence-corrected chi connectivity index (χ4v) is 1.04. The fraction of sp³-hybridized carbons (Fsp3) is 0.444. The summed E-state index contributed by atoms with van der Waals surface area (Å²) in [5, 5.41) is 0.580. The monoisotopic (exact) mass is 200 g/mol. The van der Waals surface area contributed by atoms with Crippen LogP contribution in [-0.4, -0.2) is 11.1 Å². The van der Waals surface area contributed by atoms with Gasteiger partial charge in [-0.25, -0.2) is 4.98 Å². The SMILES string of the molecule is CC(C)OCc1cc(Cl)cnc1N. The van der Waals surface area contributed by atoms with Gasteiger partial charge in [0, 0.05) is 11.8 Å². The van der Waals surface area contributed by atoms with Crippen molar-refractivity contribution in [3.8, 4) is 0 Å². The highest BCUT2D eigenvalue weighted by atomic mass is 35.5. The molecule has 0 saturated heterocycles. The summed E-state index contributed by atoms with van der Waals surface area (Å²) < 4.78 is 5.39. The van der Waals surface area contributed by atoms with Crippen molar-refractivity contribution in [2.75, 3.05) is 5.73 Å². The molecule has 0 bridgehead atoms. The van der Waals surface area contributed by atoms with E-state index >= 15 is 0 Å². The van der Waals surface area contributed by atoms with Crippen LogP contribution in [0.1, 0.15) is 19.4 Å². The molecule has 1 aromatic heterocycles. The molecule has 0 amide bonds. The summed E-state index contributed by atoms with van der Waals surface area (Å²) in [5.41, 5.74) is 6.46. The third kappa shape index (κ3) is 3.20. The Labute approximate surface area is 82.9 Å². The smallest absolute Gasteiger partial charge is 0.128 e. The first kappa shape index (κ1) is 10.3. The lowest BCUT2D eigenvalue weighted by Crippen LogP contribution is -2.05. The van der Waals surface area contributed by atoms with E-state index in [2.05, 4.69) is 4.98 Å². The maximum Gasteiger partial charge on any atom is 0.128 e. The first-order valence-electron chi connectivity index (χ1n) is 4.11. The van der Waals surface area contributed by atoms with Gasteiger partial charge < -0.3 is 10.5 Å².